The van der Waals surface area contributed by atoms with Crippen molar-refractivity contribution in [2.45, 2.75) is 42.7 Å². The third-order valence-electron chi connectivity index (χ3n) is 4.21. The van der Waals surface area contributed by atoms with Gasteiger partial charge in [0.2, 0.25) is 10.0 Å². The first kappa shape index (κ1) is 14.5. The fourth-order valence-corrected chi connectivity index (χ4v) is 4.12. The summed E-state index contributed by atoms with van der Waals surface area (Å²) in [7, 11) is -3.48. The van der Waals surface area contributed by atoms with Gasteiger partial charge in [-0.2, -0.15) is 5.26 Å². The van der Waals surface area contributed by atoms with Crippen molar-refractivity contribution in [1.29, 1.82) is 5.26 Å². The minimum absolute atomic E-state index is 0.0145. The van der Waals surface area contributed by atoms with Gasteiger partial charge in [0.15, 0.2) is 0 Å². The summed E-state index contributed by atoms with van der Waals surface area (Å²) >= 11 is 0. The van der Waals surface area contributed by atoms with Crippen LogP contribution < -0.4 is 4.72 Å². The normalized spacial score (nSPS) is 21.1. The van der Waals surface area contributed by atoms with E-state index in [-0.39, 0.29) is 10.9 Å². The molecule has 2 fully saturated rings. The van der Waals surface area contributed by atoms with Crippen LogP contribution in [0.15, 0.2) is 29.2 Å². The molecule has 1 aromatic rings. The van der Waals surface area contributed by atoms with Gasteiger partial charge in [0.05, 0.1) is 16.5 Å². The predicted molar refractivity (Wildman–Crippen MR) is 79.1 cm³/mol. The van der Waals surface area contributed by atoms with Gasteiger partial charge in [-0.15, -0.1) is 0 Å². The van der Waals surface area contributed by atoms with Crippen molar-refractivity contribution in [1.82, 2.24) is 9.62 Å². The Morgan fingerprint density at radius 3 is 2.24 bits per heavy atom. The van der Waals surface area contributed by atoms with Crippen LogP contribution in [0.4, 0.5) is 0 Å². The fraction of sp³-hybridized carbons (Fsp3) is 0.533. The summed E-state index contributed by atoms with van der Waals surface area (Å²) in [5.74, 6) is 0. The van der Waals surface area contributed by atoms with Crippen molar-refractivity contribution in [2.75, 3.05) is 13.1 Å². The summed E-state index contributed by atoms with van der Waals surface area (Å²) in [5.41, 5.74) is 0.465. The molecule has 2 aliphatic rings. The van der Waals surface area contributed by atoms with Gasteiger partial charge in [0, 0.05) is 12.1 Å². The number of benzene rings is 1. The summed E-state index contributed by atoms with van der Waals surface area (Å²) in [6, 6.07) is 8.79. The molecule has 0 unspecified atom stereocenters. The number of likely N-dealkylation sites (tertiary alicyclic amines) is 1. The van der Waals surface area contributed by atoms with Crippen molar-refractivity contribution in [3.63, 3.8) is 0 Å². The summed E-state index contributed by atoms with van der Waals surface area (Å²) in [6.07, 6.45) is 4.32. The molecule has 1 aromatic carbocycles. The third-order valence-corrected chi connectivity index (χ3v) is 5.74. The standard InChI is InChI=1S/C15H19N3O2S/c16-11-12-1-5-15(6-2-12)21(19,20)17-13-7-9-18(10-8-13)14-3-4-14/h1-2,5-6,13-14,17H,3-4,7-10H2. The summed E-state index contributed by atoms with van der Waals surface area (Å²) < 4.78 is 27.4. The Bertz CT molecular complexity index is 636. The summed E-state index contributed by atoms with van der Waals surface area (Å²) in [6.45, 7) is 1.95. The fourth-order valence-electron chi connectivity index (χ4n) is 2.82. The quantitative estimate of drug-likeness (QED) is 0.914. The minimum atomic E-state index is -3.48. The highest BCUT2D eigenvalue weighted by molar-refractivity contribution is 7.89. The zero-order valence-electron chi connectivity index (χ0n) is 11.8. The average molecular weight is 305 g/mol. The van der Waals surface area contributed by atoms with E-state index in [0.717, 1.165) is 32.0 Å². The lowest BCUT2D eigenvalue weighted by Gasteiger charge is -2.32. The van der Waals surface area contributed by atoms with Crippen molar-refractivity contribution in [3.8, 4) is 6.07 Å². The van der Waals surface area contributed by atoms with Crippen LogP contribution in [0.1, 0.15) is 31.2 Å². The van der Waals surface area contributed by atoms with Gasteiger partial charge >= 0.3 is 0 Å². The zero-order chi connectivity index (χ0) is 14.9. The molecule has 1 N–H and O–H groups in total. The van der Waals surface area contributed by atoms with Crippen LogP contribution in [0.25, 0.3) is 0 Å². The highest BCUT2D eigenvalue weighted by Gasteiger charge is 2.32. The molecule has 0 bridgehead atoms. The van der Waals surface area contributed by atoms with E-state index >= 15 is 0 Å². The van der Waals surface area contributed by atoms with E-state index in [1.54, 1.807) is 0 Å². The van der Waals surface area contributed by atoms with Crippen LogP contribution in [0.3, 0.4) is 0 Å². The maximum Gasteiger partial charge on any atom is 0.240 e. The first-order chi connectivity index (χ1) is 10.1. The van der Waals surface area contributed by atoms with Gasteiger partial charge in [0.1, 0.15) is 0 Å². The molecule has 1 aliphatic carbocycles. The lowest BCUT2D eigenvalue weighted by Crippen LogP contribution is -2.45. The first-order valence-electron chi connectivity index (χ1n) is 7.35. The molecule has 21 heavy (non-hydrogen) atoms. The Hall–Kier alpha value is -1.42. The minimum Gasteiger partial charge on any atom is -0.300 e. The van der Waals surface area contributed by atoms with E-state index < -0.39 is 10.0 Å². The monoisotopic (exact) mass is 305 g/mol. The molecule has 1 saturated heterocycles. The molecule has 0 amide bonds. The van der Waals surface area contributed by atoms with Gasteiger partial charge < -0.3 is 4.90 Å². The zero-order valence-corrected chi connectivity index (χ0v) is 12.6. The van der Waals surface area contributed by atoms with E-state index in [9.17, 15) is 8.42 Å². The molecule has 112 valence electrons. The number of nitriles is 1. The van der Waals surface area contributed by atoms with Gasteiger partial charge in [-0.3, -0.25) is 0 Å². The van der Waals surface area contributed by atoms with Crippen LogP contribution >= 0.6 is 0 Å². The predicted octanol–water partition coefficient (Wildman–Crippen LogP) is 1.46. The summed E-state index contributed by atoms with van der Waals surface area (Å²) in [5, 5.41) is 8.75. The molecule has 1 aliphatic heterocycles. The van der Waals surface area contributed by atoms with Crippen molar-refractivity contribution < 1.29 is 8.42 Å². The highest BCUT2D eigenvalue weighted by atomic mass is 32.2. The number of hydrogen-bond donors (Lipinski definition) is 1. The van der Waals surface area contributed by atoms with E-state index in [0.29, 0.717) is 5.56 Å². The molecule has 1 heterocycles. The Labute approximate surface area is 125 Å². The Morgan fingerprint density at radius 1 is 1.10 bits per heavy atom. The van der Waals surface area contributed by atoms with Gasteiger partial charge in [-0.25, -0.2) is 13.1 Å². The first-order valence-corrected chi connectivity index (χ1v) is 8.83. The van der Waals surface area contributed by atoms with Gasteiger partial charge in [-0.1, -0.05) is 0 Å². The average Bonchev–Trinajstić information content (AvgIpc) is 3.32. The molecule has 0 atom stereocenters. The van der Waals surface area contributed by atoms with Crippen molar-refractivity contribution in [2.24, 2.45) is 0 Å². The second-order valence-electron chi connectivity index (χ2n) is 5.80. The Balaban J connectivity index is 1.61. The molecule has 5 nitrogen and oxygen atoms in total. The Kier molecular flexibility index (Phi) is 3.98. The van der Waals surface area contributed by atoms with Gasteiger partial charge in [-0.05, 0) is 63.0 Å². The van der Waals surface area contributed by atoms with Crippen LogP contribution in [-0.4, -0.2) is 38.5 Å². The van der Waals surface area contributed by atoms with Gasteiger partial charge in [0.25, 0.3) is 0 Å². The Morgan fingerprint density at radius 2 is 1.71 bits per heavy atom. The van der Waals surface area contributed by atoms with Crippen molar-refractivity contribution in [3.05, 3.63) is 29.8 Å². The number of hydrogen-bond acceptors (Lipinski definition) is 4. The van der Waals surface area contributed by atoms with Crippen LogP contribution in [0.5, 0.6) is 0 Å². The smallest absolute Gasteiger partial charge is 0.240 e. The molecule has 1 saturated carbocycles. The van der Waals surface area contributed by atoms with Crippen LogP contribution in [0.2, 0.25) is 0 Å². The lowest BCUT2D eigenvalue weighted by molar-refractivity contribution is 0.199. The van der Waals surface area contributed by atoms with E-state index in [4.69, 9.17) is 5.26 Å². The van der Waals surface area contributed by atoms with E-state index in [1.807, 2.05) is 6.07 Å². The van der Waals surface area contributed by atoms with Crippen LogP contribution in [0, 0.1) is 11.3 Å². The largest absolute Gasteiger partial charge is 0.300 e. The topological polar surface area (TPSA) is 73.2 Å². The molecule has 0 radical (unpaired) electrons. The molecular formula is C15H19N3O2S. The molecule has 6 heteroatoms. The number of piperidine rings is 1. The third kappa shape index (κ3) is 3.43. The number of sulfonamides is 1. The van der Waals surface area contributed by atoms with E-state index in [2.05, 4.69) is 9.62 Å². The van der Waals surface area contributed by atoms with Crippen molar-refractivity contribution >= 4 is 10.0 Å². The number of nitrogens with zero attached hydrogens (tertiary/aromatic N) is 2. The second-order valence-corrected chi connectivity index (χ2v) is 7.51. The molecule has 0 spiro atoms. The molecular weight excluding hydrogens is 286 g/mol. The number of rotatable bonds is 4. The molecule has 3 rings (SSSR count). The maximum atomic E-state index is 12.3. The highest BCUT2D eigenvalue weighted by Crippen LogP contribution is 2.29. The van der Waals surface area contributed by atoms with E-state index in [1.165, 1.54) is 37.1 Å². The maximum absolute atomic E-state index is 12.3. The lowest BCUT2D eigenvalue weighted by atomic mass is 10.1. The SMILES string of the molecule is N#Cc1ccc(S(=O)(=O)NC2CCN(C3CC3)CC2)cc1. The second kappa shape index (κ2) is 5.76. The number of nitrogens with one attached hydrogen (secondary N) is 1. The molecule has 0 aromatic heterocycles. The van der Waals surface area contributed by atoms with Crippen LogP contribution in [-0.2, 0) is 10.0 Å². The summed E-state index contributed by atoms with van der Waals surface area (Å²) in [4.78, 5) is 2.69.